The summed E-state index contributed by atoms with van der Waals surface area (Å²) < 4.78 is 10.9. The van der Waals surface area contributed by atoms with Gasteiger partial charge in [-0.05, 0) is 5.56 Å². The fourth-order valence-electron chi connectivity index (χ4n) is 1.99. The van der Waals surface area contributed by atoms with Gasteiger partial charge < -0.3 is 15.2 Å². The number of para-hydroxylation sites is 1. The van der Waals surface area contributed by atoms with Crippen LogP contribution in [0.3, 0.4) is 0 Å². The van der Waals surface area contributed by atoms with E-state index in [2.05, 4.69) is 18.2 Å². The van der Waals surface area contributed by atoms with Crippen LogP contribution in [-0.4, -0.2) is 20.3 Å². The number of halogens is 1. The second-order valence-corrected chi connectivity index (χ2v) is 4.21. The molecule has 0 aliphatic heterocycles. The molecule has 0 bridgehead atoms. The zero-order valence-electron chi connectivity index (χ0n) is 11.5. The van der Waals surface area contributed by atoms with Crippen LogP contribution in [0.4, 0.5) is 0 Å². The highest BCUT2D eigenvalue weighted by atomic mass is 35.5. The van der Waals surface area contributed by atoms with E-state index in [1.165, 1.54) is 0 Å². The van der Waals surface area contributed by atoms with Crippen LogP contribution in [-0.2, 0) is 11.3 Å². The Balaban J connectivity index is 0.00000200. The summed E-state index contributed by atoms with van der Waals surface area (Å²) in [6.07, 6.45) is 0. The molecule has 0 spiro atoms. The van der Waals surface area contributed by atoms with Gasteiger partial charge in [-0.2, -0.15) is 0 Å². The average Bonchev–Trinajstić information content (AvgIpc) is 2.48. The number of rotatable bonds is 6. The first-order valence-corrected chi connectivity index (χ1v) is 6.36. The van der Waals surface area contributed by atoms with Gasteiger partial charge in [-0.3, -0.25) is 0 Å². The van der Waals surface area contributed by atoms with E-state index in [-0.39, 0.29) is 12.4 Å². The summed E-state index contributed by atoms with van der Waals surface area (Å²) in [6.45, 7) is 1.55. The van der Waals surface area contributed by atoms with Crippen molar-refractivity contribution in [3.63, 3.8) is 0 Å². The minimum Gasteiger partial charge on any atom is -0.490 e. The number of hydrogen-bond acceptors (Lipinski definition) is 3. The first-order valence-electron chi connectivity index (χ1n) is 6.36. The summed E-state index contributed by atoms with van der Waals surface area (Å²) >= 11 is 0. The van der Waals surface area contributed by atoms with Crippen LogP contribution in [0.25, 0.3) is 11.1 Å². The van der Waals surface area contributed by atoms with Gasteiger partial charge in [0.25, 0.3) is 0 Å². The lowest BCUT2D eigenvalue weighted by atomic mass is 10.0. The highest BCUT2D eigenvalue weighted by Gasteiger charge is 2.10. The van der Waals surface area contributed by atoms with Gasteiger partial charge >= 0.3 is 0 Å². The molecule has 0 radical (unpaired) electrons. The standard InChI is InChI=1S/C16H19NO2.ClH/c1-18-10-11-19-16-14(12-17)8-5-9-15(16)13-6-3-2-4-7-13;/h2-9H,10-12,17H2,1H3;1H. The molecule has 0 aliphatic rings. The van der Waals surface area contributed by atoms with E-state index in [9.17, 15) is 0 Å². The SMILES string of the molecule is COCCOc1c(CN)cccc1-c1ccccc1.Cl. The van der Waals surface area contributed by atoms with Gasteiger partial charge in [0.15, 0.2) is 0 Å². The van der Waals surface area contributed by atoms with Crippen LogP contribution in [0.15, 0.2) is 48.5 Å². The second kappa shape index (κ2) is 8.59. The number of ether oxygens (including phenoxy) is 2. The Labute approximate surface area is 126 Å². The van der Waals surface area contributed by atoms with Gasteiger partial charge in [-0.1, -0.05) is 48.5 Å². The third kappa shape index (κ3) is 3.97. The zero-order chi connectivity index (χ0) is 13.5. The van der Waals surface area contributed by atoms with Gasteiger partial charge in [-0.15, -0.1) is 12.4 Å². The molecule has 2 aromatic rings. The topological polar surface area (TPSA) is 44.5 Å². The summed E-state index contributed by atoms with van der Waals surface area (Å²) in [4.78, 5) is 0. The maximum atomic E-state index is 5.85. The number of nitrogens with two attached hydrogens (primary N) is 1. The maximum absolute atomic E-state index is 5.85. The van der Waals surface area contributed by atoms with Crippen molar-refractivity contribution in [3.8, 4) is 16.9 Å². The van der Waals surface area contributed by atoms with Gasteiger partial charge in [0, 0.05) is 24.8 Å². The predicted octanol–water partition coefficient (Wildman–Crippen LogP) is 3.26. The predicted molar refractivity (Wildman–Crippen MR) is 84.4 cm³/mol. The number of methoxy groups -OCH3 is 1. The Hall–Kier alpha value is -1.55. The average molecular weight is 294 g/mol. The van der Waals surface area contributed by atoms with Crippen LogP contribution in [0.2, 0.25) is 0 Å². The monoisotopic (exact) mass is 293 g/mol. The van der Waals surface area contributed by atoms with Crippen molar-refractivity contribution in [1.82, 2.24) is 0 Å². The summed E-state index contributed by atoms with van der Waals surface area (Å²) in [5, 5.41) is 0. The molecule has 2 aromatic carbocycles. The van der Waals surface area contributed by atoms with E-state index in [1.807, 2.05) is 30.3 Å². The van der Waals surface area contributed by atoms with E-state index < -0.39 is 0 Å². The van der Waals surface area contributed by atoms with Crippen LogP contribution in [0, 0.1) is 0 Å². The molecule has 108 valence electrons. The van der Waals surface area contributed by atoms with Crippen molar-refractivity contribution in [2.24, 2.45) is 5.73 Å². The molecule has 0 aromatic heterocycles. The van der Waals surface area contributed by atoms with Crippen molar-refractivity contribution in [1.29, 1.82) is 0 Å². The van der Waals surface area contributed by atoms with Crippen molar-refractivity contribution >= 4 is 12.4 Å². The highest BCUT2D eigenvalue weighted by molar-refractivity contribution is 5.85. The van der Waals surface area contributed by atoms with Gasteiger partial charge in [-0.25, -0.2) is 0 Å². The minimum atomic E-state index is 0. The van der Waals surface area contributed by atoms with Gasteiger partial charge in [0.05, 0.1) is 6.61 Å². The summed E-state index contributed by atoms with van der Waals surface area (Å²) in [6, 6.07) is 16.2. The lowest BCUT2D eigenvalue weighted by Gasteiger charge is -2.15. The molecule has 0 saturated carbocycles. The van der Waals surface area contributed by atoms with E-state index in [0.29, 0.717) is 19.8 Å². The largest absolute Gasteiger partial charge is 0.490 e. The fraction of sp³-hybridized carbons (Fsp3) is 0.250. The molecule has 0 aliphatic carbocycles. The normalized spacial score (nSPS) is 9.90. The fourth-order valence-corrected chi connectivity index (χ4v) is 1.99. The molecule has 0 heterocycles. The quantitative estimate of drug-likeness (QED) is 0.832. The maximum Gasteiger partial charge on any atom is 0.131 e. The van der Waals surface area contributed by atoms with Crippen molar-refractivity contribution in [3.05, 3.63) is 54.1 Å². The third-order valence-corrected chi connectivity index (χ3v) is 2.94. The smallest absolute Gasteiger partial charge is 0.131 e. The van der Waals surface area contributed by atoms with Gasteiger partial charge in [0.1, 0.15) is 12.4 Å². The van der Waals surface area contributed by atoms with E-state index >= 15 is 0 Å². The molecule has 0 fully saturated rings. The number of hydrogen-bond donors (Lipinski definition) is 1. The van der Waals surface area contributed by atoms with Crippen LogP contribution in [0.1, 0.15) is 5.56 Å². The van der Waals surface area contributed by atoms with E-state index in [4.69, 9.17) is 15.2 Å². The molecule has 0 saturated heterocycles. The molecular formula is C16H20ClNO2. The Kier molecular flexibility index (Phi) is 7.09. The molecule has 20 heavy (non-hydrogen) atoms. The van der Waals surface area contributed by atoms with Crippen molar-refractivity contribution in [2.75, 3.05) is 20.3 Å². The first-order chi connectivity index (χ1) is 9.36. The molecule has 2 rings (SSSR count). The lowest BCUT2D eigenvalue weighted by Crippen LogP contribution is -2.08. The van der Waals surface area contributed by atoms with Crippen LogP contribution >= 0.6 is 12.4 Å². The van der Waals surface area contributed by atoms with Crippen molar-refractivity contribution < 1.29 is 9.47 Å². The zero-order valence-corrected chi connectivity index (χ0v) is 12.4. The molecule has 0 atom stereocenters. The second-order valence-electron chi connectivity index (χ2n) is 4.21. The molecule has 3 nitrogen and oxygen atoms in total. The first kappa shape index (κ1) is 16.5. The molecule has 4 heteroatoms. The molecule has 0 unspecified atom stereocenters. The van der Waals surface area contributed by atoms with Crippen LogP contribution in [0.5, 0.6) is 5.75 Å². The molecule has 2 N–H and O–H groups in total. The Bertz CT molecular complexity index is 517. The van der Waals surface area contributed by atoms with E-state index in [0.717, 1.165) is 22.4 Å². The Morgan fingerprint density at radius 1 is 0.950 bits per heavy atom. The summed E-state index contributed by atoms with van der Waals surface area (Å²) in [5.41, 5.74) is 9.00. The molecular weight excluding hydrogens is 274 g/mol. The van der Waals surface area contributed by atoms with Gasteiger partial charge in [0.2, 0.25) is 0 Å². The summed E-state index contributed by atoms with van der Waals surface area (Å²) in [7, 11) is 1.66. The van der Waals surface area contributed by atoms with Crippen LogP contribution < -0.4 is 10.5 Å². The van der Waals surface area contributed by atoms with Crippen molar-refractivity contribution in [2.45, 2.75) is 6.54 Å². The lowest BCUT2D eigenvalue weighted by molar-refractivity contribution is 0.146. The third-order valence-electron chi connectivity index (χ3n) is 2.94. The number of benzene rings is 2. The summed E-state index contributed by atoms with van der Waals surface area (Å²) in [5.74, 6) is 0.855. The van der Waals surface area contributed by atoms with E-state index in [1.54, 1.807) is 7.11 Å². The minimum absolute atomic E-state index is 0. The Morgan fingerprint density at radius 3 is 2.35 bits per heavy atom. The molecule has 0 amide bonds. The Morgan fingerprint density at radius 2 is 1.70 bits per heavy atom. The highest BCUT2D eigenvalue weighted by Crippen LogP contribution is 2.33.